The Kier molecular flexibility index (Phi) is 5.35. The first kappa shape index (κ1) is 19.5. The summed E-state index contributed by atoms with van der Waals surface area (Å²) in [5, 5.41) is 13.3. The fourth-order valence-electron chi connectivity index (χ4n) is 2.06. The van der Waals surface area contributed by atoms with E-state index in [0.717, 1.165) is 19.1 Å². The number of carbonyl (C=O) groups excluding carboxylic acids is 1. The van der Waals surface area contributed by atoms with Gasteiger partial charge in [-0.1, -0.05) is 11.8 Å². The average Bonchev–Trinajstić information content (AvgIpc) is 3.35. The lowest BCUT2D eigenvalue weighted by atomic mass is 10.2. The molecule has 2 rings (SSSR count). The highest BCUT2D eigenvalue weighted by Gasteiger charge is 2.47. The summed E-state index contributed by atoms with van der Waals surface area (Å²) in [7, 11) is -3.74. The van der Waals surface area contributed by atoms with Crippen molar-refractivity contribution in [3.8, 4) is 17.9 Å². The first-order valence-electron chi connectivity index (χ1n) is 7.69. The van der Waals surface area contributed by atoms with Gasteiger partial charge in [-0.25, -0.2) is 8.42 Å². The van der Waals surface area contributed by atoms with E-state index in [0.29, 0.717) is 12.8 Å². The minimum absolute atomic E-state index is 0.0813. The summed E-state index contributed by atoms with van der Waals surface area (Å²) in [6.45, 7) is 0. The molecule has 10 heteroatoms. The van der Waals surface area contributed by atoms with Gasteiger partial charge in [0.1, 0.15) is 21.4 Å². The Balaban J connectivity index is 2.16. The molecule has 2 saturated carbocycles. The Morgan fingerprint density at radius 3 is 2.36 bits per heavy atom. The minimum atomic E-state index is -4.76. The summed E-state index contributed by atoms with van der Waals surface area (Å²) in [5.41, 5.74) is -1.11. The third-order valence-electron chi connectivity index (χ3n) is 3.82. The number of rotatable bonds is 6. The normalized spacial score (nSPS) is 21.2. The Labute approximate surface area is 144 Å². The van der Waals surface area contributed by atoms with Crippen LogP contribution >= 0.6 is 0 Å². The fourth-order valence-corrected chi connectivity index (χ4v) is 2.92. The molecule has 0 spiro atoms. The summed E-state index contributed by atoms with van der Waals surface area (Å²) >= 11 is 0. The quantitative estimate of drug-likeness (QED) is 0.657. The zero-order valence-corrected chi connectivity index (χ0v) is 14.3. The molecule has 0 aliphatic heterocycles. The predicted molar refractivity (Wildman–Crippen MR) is 82.7 cm³/mol. The van der Waals surface area contributed by atoms with Crippen molar-refractivity contribution in [2.24, 2.45) is 5.92 Å². The highest BCUT2D eigenvalue weighted by molar-refractivity contribution is 7.90. The van der Waals surface area contributed by atoms with Crippen LogP contribution in [0.3, 0.4) is 0 Å². The minimum Gasteiger partial charge on any atom is -0.336 e. The van der Waals surface area contributed by atoms with E-state index in [1.54, 1.807) is 0 Å². The van der Waals surface area contributed by atoms with Crippen LogP contribution in [0.5, 0.6) is 0 Å². The van der Waals surface area contributed by atoms with Crippen LogP contribution < -0.4 is 10.6 Å². The Morgan fingerprint density at radius 1 is 1.36 bits per heavy atom. The lowest BCUT2D eigenvalue weighted by Gasteiger charge is -2.24. The van der Waals surface area contributed by atoms with Crippen molar-refractivity contribution in [1.82, 2.24) is 10.6 Å². The van der Waals surface area contributed by atoms with Gasteiger partial charge in [0, 0.05) is 12.2 Å². The summed E-state index contributed by atoms with van der Waals surface area (Å²) in [5.74, 6) is 2.68. The molecule has 6 nitrogen and oxygen atoms in total. The summed E-state index contributed by atoms with van der Waals surface area (Å²) in [6, 6.07) is -2.10. The first-order valence-corrected chi connectivity index (χ1v) is 9.75. The molecule has 138 valence electrons. The van der Waals surface area contributed by atoms with E-state index < -0.39 is 45.3 Å². The maximum absolute atomic E-state index is 13.2. The van der Waals surface area contributed by atoms with E-state index in [1.165, 1.54) is 0 Å². The molecule has 0 aromatic heterocycles. The van der Waals surface area contributed by atoms with Crippen molar-refractivity contribution < 1.29 is 26.4 Å². The molecule has 0 bridgehead atoms. The van der Waals surface area contributed by atoms with Crippen LogP contribution in [0.25, 0.3) is 0 Å². The van der Waals surface area contributed by atoms with Crippen molar-refractivity contribution in [3.63, 3.8) is 0 Å². The molecule has 0 aromatic carbocycles. The molecular formula is C15H18F3N3O3S. The van der Waals surface area contributed by atoms with Gasteiger partial charge >= 0.3 is 6.18 Å². The van der Waals surface area contributed by atoms with Crippen molar-refractivity contribution in [3.05, 3.63) is 0 Å². The number of halogens is 3. The standard InChI is InChI=1S/C15H18F3N3O3S/c1-25(23,24)8-11(13(22)21-14(9-19)6-7-14)20-12(15(16,17)18)5-4-10-2-3-10/h10-12,20H,2-3,6-8H2,1H3,(H,21,22)/t11-,12-/m0/s1. The number of alkyl halides is 3. The molecule has 0 aromatic rings. The van der Waals surface area contributed by atoms with Gasteiger partial charge in [-0.05, 0) is 25.7 Å². The van der Waals surface area contributed by atoms with Crippen molar-refractivity contribution in [2.45, 2.75) is 49.5 Å². The van der Waals surface area contributed by atoms with Gasteiger partial charge in [0.05, 0.1) is 11.8 Å². The second kappa shape index (κ2) is 6.85. The van der Waals surface area contributed by atoms with Gasteiger partial charge < -0.3 is 5.32 Å². The highest BCUT2D eigenvalue weighted by atomic mass is 32.2. The summed E-state index contributed by atoms with van der Waals surface area (Å²) in [6.07, 6.45) is -1.71. The summed E-state index contributed by atoms with van der Waals surface area (Å²) in [4.78, 5) is 12.2. The van der Waals surface area contributed by atoms with E-state index in [2.05, 4.69) is 17.2 Å². The highest BCUT2D eigenvalue weighted by Crippen LogP contribution is 2.34. The third kappa shape index (κ3) is 6.22. The SMILES string of the molecule is CS(=O)(=O)C[C@H](N[C@@H](C#CC1CC1)C(F)(F)F)C(=O)NC1(C#N)CC1. The maximum atomic E-state index is 13.2. The number of hydrogen-bond donors (Lipinski definition) is 2. The zero-order valence-electron chi connectivity index (χ0n) is 13.5. The van der Waals surface area contributed by atoms with Gasteiger partial charge in [0.25, 0.3) is 0 Å². The number of amides is 1. The van der Waals surface area contributed by atoms with Crippen molar-refractivity contribution in [2.75, 3.05) is 12.0 Å². The van der Waals surface area contributed by atoms with E-state index in [9.17, 15) is 26.4 Å². The second-order valence-corrected chi connectivity index (χ2v) is 8.72. The van der Waals surface area contributed by atoms with E-state index in [4.69, 9.17) is 5.26 Å². The lowest BCUT2D eigenvalue weighted by molar-refractivity contribution is -0.145. The molecular weight excluding hydrogens is 359 g/mol. The van der Waals surface area contributed by atoms with Crippen LogP contribution in [0.1, 0.15) is 25.7 Å². The fraction of sp³-hybridized carbons (Fsp3) is 0.733. The van der Waals surface area contributed by atoms with Gasteiger partial charge in [0.15, 0.2) is 6.04 Å². The van der Waals surface area contributed by atoms with Gasteiger partial charge in [-0.15, -0.1) is 0 Å². The Hall–Kier alpha value is -1.78. The number of nitrogens with zero attached hydrogens (tertiary/aromatic N) is 1. The van der Waals surface area contributed by atoms with Crippen molar-refractivity contribution >= 4 is 15.7 Å². The van der Waals surface area contributed by atoms with Crippen LogP contribution in [-0.4, -0.2) is 50.1 Å². The second-order valence-electron chi connectivity index (χ2n) is 6.53. The first-order chi connectivity index (χ1) is 11.4. The molecule has 25 heavy (non-hydrogen) atoms. The van der Waals surface area contributed by atoms with Gasteiger partial charge in [-0.3, -0.25) is 10.1 Å². The van der Waals surface area contributed by atoms with E-state index >= 15 is 0 Å². The molecule has 2 aliphatic carbocycles. The molecule has 2 N–H and O–H groups in total. The molecule has 2 aliphatic rings. The van der Waals surface area contributed by atoms with E-state index in [1.807, 2.05) is 11.4 Å². The Morgan fingerprint density at radius 2 is 1.96 bits per heavy atom. The van der Waals surface area contributed by atoms with Crippen LogP contribution in [0.15, 0.2) is 0 Å². The van der Waals surface area contributed by atoms with Crippen molar-refractivity contribution in [1.29, 1.82) is 5.26 Å². The molecule has 0 radical (unpaired) electrons. The maximum Gasteiger partial charge on any atom is 0.415 e. The largest absolute Gasteiger partial charge is 0.415 e. The monoisotopic (exact) mass is 377 g/mol. The van der Waals surface area contributed by atoms with Gasteiger partial charge in [0.2, 0.25) is 5.91 Å². The Bertz CT molecular complexity index is 738. The van der Waals surface area contributed by atoms with E-state index in [-0.39, 0.29) is 5.92 Å². The van der Waals surface area contributed by atoms with Gasteiger partial charge in [-0.2, -0.15) is 18.4 Å². The van der Waals surface area contributed by atoms with Crippen LogP contribution in [0.2, 0.25) is 0 Å². The number of hydrogen-bond acceptors (Lipinski definition) is 5. The molecule has 1 amide bonds. The molecule has 2 atom stereocenters. The third-order valence-corrected chi connectivity index (χ3v) is 4.76. The molecule has 0 saturated heterocycles. The smallest absolute Gasteiger partial charge is 0.336 e. The summed E-state index contributed by atoms with van der Waals surface area (Å²) < 4.78 is 62.5. The topological polar surface area (TPSA) is 99.1 Å². The van der Waals surface area contributed by atoms with Crippen LogP contribution in [-0.2, 0) is 14.6 Å². The number of nitriles is 1. The average molecular weight is 377 g/mol. The van der Waals surface area contributed by atoms with Crippen LogP contribution in [0.4, 0.5) is 13.2 Å². The molecule has 0 unspecified atom stereocenters. The number of sulfone groups is 1. The number of carbonyl (C=O) groups is 1. The number of nitrogens with one attached hydrogen (secondary N) is 2. The zero-order chi connectivity index (χ0) is 18.9. The molecule has 2 fully saturated rings. The predicted octanol–water partition coefficient (Wildman–Crippen LogP) is 0.506. The van der Waals surface area contributed by atoms with Crippen LogP contribution in [0, 0.1) is 29.1 Å². The lowest BCUT2D eigenvalue weighted by Crippen LogP contribution is -2.57. The molecule has 0 heterocycles.